The number of hydrogen-bond donors (Lipinski definition) is 1. The highest BCUT2D eigenvalue weighted by Gasteiger charge is 2.24. The van der Waals surface area contributed by atoms with Crippen molar-refractivity contribution in [1.29, 1.82) is 0 Å². The van der Waals surface area contributed by atoms with E-state index in [1.165, 1.54) is 0 Å². The van der Waals surface area contributed by atoms with Crippen LogP contribution in [0.5, 0.6) is 0 Å². The molecule has 1 fully saturated rings. The van der Waals surface area contributed by atoms with Gasteiger partial charge in [-0.2, -0.15) is 4.98 Å². The predicted molar refractivity (Wildman–Crippen MR) is 64.8 cm³/mol. The molecular weight excluding hydrogens is 242 g/mol. The van der Waals surface area contributed by atoms with Crippen molar-refractivity contribution in [1.82, 2.24) is 10.3 Å². The molecule has 0 spiro atoms. The molecule has 0 aliphatic carbocycles. The first-order valence-corrected chi connectivity index (χ1v) is 7.53. The van der Waals surface area contributed by atoms with Gasteiger partial charge in [-0.3, -0.25) is 0 Å². The van der Waals surface area contributed by atoms with Gasteiger partial charge in [0.05, 0.1) is 17.2 Å². The van der Waals surface area contributed by atoms with Crippen LogP contribution in [0.15, 0.2) is 10.7 Å². The molecule has 0 aromatic carbocycles. The number of anilines is 1. The van der Waals surface area contributed by atoms with Crippen molar-refractivity contribution < 1.29 is 12.8 Å². The molecule has 0 radical (unpaired) electrons. The van der Waals surface area contributed by atoms with Crippen LogP contribution in [0.2, 0.25) is 0 Å². The average molecular weight is 259 g/mol. The SMILES string of the molecule is CCNCc1coc(N2CCS(=O)(=O)CC2)n1. The number of nitrogens with zero attached hydrogens (tertiary/aromatic N) is 2. The van der Waals surface area contributed by atoms with Gasteiger partial charge in [-0.25, -0.2) is 8.42 Å². The fourth-order valence-corrected chi connectivity index (χ4v) is 2.88. The first kappa shape index (κ1) is 12.4. The Bertz CT molecular complexity index is 455. The normalized spacial score (nSPS) is 19.5. The first-order valence-electron chi connectivity index (χ1n) is 5.71. The van der Waals surface area contributed by atoms with Crippen molar-refractivity contribution in [2.45, 2.75) is 13.5 Å². The maximum Gasteiger partial charge on any atom is 0.297 e. The van der Waals surface area contributed by atoms with E-state index in [0.29, 0.717) is 25.6 Å². The molecule has 0 atom stereocenters. The molecule has 0 bridgehead atoms. The molecule has 7 heteroatoms. The number of hydrogen-bond acceptors (Lipinski definition) is 6. The van der Waals surface area contributed by atoms with Gasteiger partial charge < -0.3 is 14.6 Å². The van der Waals surface area contributed by atoms with E-state index in [1.807, 2.05) is 11.8 Å². The van der Waals surface area contributed by atoms with E-state index in [2.05, 4.69) is 10.3 Å². The van der Waals surface area contributed by atoms with E-state index in [-0.39, 0.29) is 11.5 Å². The molecule has 0 saturated carbocycles. The van der Waals surface area contributed by atoms with Gasteiger partial charge in [-0.15, -0.1) is 0 Å². The van der Waals surface area contributed by atoms with Gasteiger partial charge in [0.2, 0.25) is 0 Å². The number of nitrogens with one attached hydrogen (secondary N) is 1. The molecule has 1 aliphatic heterocycles. The zero-order valence-corrected chi connectivity index (χ0v) is 10.7. The van der Waals surface area contributed by atoms with Crippen LogP contribution in [0.3, 0.4) is 0 Å². The Labute approximate surface area is 101 Å². The zero-order chi connectivity index (χ0) is 12.3. The zero-order valence-electron chi connectivity index (χ0n) is 9.85. The Morgan fingerprint density at radius 2 is 2.18 bits per heavy atom. The Hall–Kier alpha value is -1.08. The molecule has 2 rings (SSSR count). The summed E-state index contributed by atoms with van der Waals surface area (Å²) in [6.07, 6.45) is 1.61. The minimum absolute atomic E-state index is 0.178. The summed E-state index contributed by atoms with van der Waals surface area (Å²) in [5.74, 6) is 0.357. The monoisotopic (exact) mass is 259 g/mol. The van der Waals surface area contributed by atoms with E-state index < -0.39 is 9.84 Å². The molecule has 96 valence electrons. The average Bonchev–Trinajstić information content (AvgIpc) is 2.75. The van der Waals surface area contributed by atoms with Crippen molar-refractivity contribution in [3.8, 4) is 0 Å². The van der Waals surface area contributed by atoms with E-state index >= 15 is 0 Å². The minimum atomic E-state index is -2.85. The van der Waals surface area contributed by atoms with Crippen LogP contribution in [0.25, 0.3) is 0 Å². The largest absolute Gasteiger partial charge is 0.432 e. The highest BCUT2D eigenvalue weighted by atomic mass is 32.2. The Balaban J connectivity index is 1.96. The second-order valence-electron chi connectivity index (χ2n) is 4.04. The topological polar surface area (TPSA) is 75.4 Å². The lowest BCUT2D eigenvalue weighted by atomic mass is 10.5. The van der Waals surface area contributed by atoms with Gasteiger partial charge in [-0.1, -0.05) is 6.92 Å². The molecule has 17 heavy (non-hydrogen) atoms. The smallest absolute Gasteiger partial charge is 0.297 e. The quantitative estimate of drug-likeness (QED) is 0.821. The maximum atomic E-state index is 11.3. The maximum absolute atomic E-state index is 11.3. The van der Waals surface area contributed by atoms with E-state index in [1.54, 1.807) is 6.26 Å². The Morgan fingerprint density at radius 3 is 2.82 bits per heavy atom. The third-order valence-electron chi connectivity index (χ3n) is 2.71. The molecule has 0 unspecified atom stereocenters. The van der Waals surface area contributed by atoms with Crippen molar-refractivity contribution in [2.75, 3.05) is 36.0 Å². The third-order valence-corrected chi connectivity index (χ3v) is 4.32. The molecule has 1 N–H and O–H groups in total. The lowest BCUT2D eigenvalue weighted by Crippen LogP contribution is -2.40. The highest BCUT2D eigenvalue weighted by Crippen LogP contribution is 2.16. The van der Waals surface area contributed by atoms with Gasteiger partial charge >= 0.3 is 0 Å². The highest BCUT2D eigenvalue weighted by molar-refractivity contribution is 7.91. The summed E-state index contributed by atoms with van der Waals surface area (Å²) in [5, 5.41) is 3.16. The summed E-state index contributed by atoms with van der Waals surface area (Å²) in [5.41, 5.74) is 0.843. The molecule has 2 heterocycles. The summed E-state index contributed by atoms with van der Waals surface area (Å²) in [6, 6.07) is 0.521. The standard InChI is InChI=1S/C10H17N3O3S/c1-2-11-7-9-8-16-10(12-9)13-3-5-17(14,15)6-4-13/h8,11H,2-7H2,1H3. The molecule has 1 aliphatic rings. The fraction of sp³-hybridized carbons (Fsp3) is 0.700. The molecule has 1 saturated heterocycles. The van der Waals surface area contributed by atoms with E-state index in [0.717, 1.165) is 12.2 Å². The summed E-state index contributed by atoms with van der Waals surface area (Å²) in [4.78, 5) is 6.19. The summed E-state index contributed by atoms with van der Waals surface area (Å²) in [6.45, 7) is 4.50. The minimum Gasteiger partial charge on any atom is -0.432 e. The predicted octanol–water partition coefficient (Wildman–Crippen LogP) is 0.0189. The fourth-order valence-electron chi connectivity index (χ4n) is 1.68. The number of rotatable bonds is 4. The molecule has 1 aromatic rings. The van der Waals surface area contributed by atoms with Gasteiger partial charge in [0, 0.05) is 19.6 Å². The Kier molecular flexibility index (Phi) is 3.68. The number of aromatic nitrogens is 1. The van der Waals surface area contributed by atoms with Gasteiger partial charge in [0.1, 0.15) is 6.26 Å². The van der Waals surface area contributed by atoms with E-state index in [9.17, 15) is 8.42 Å². The molecule has 0 amide bonds. The van der Waals surface area contributed by atoms with Crippen molar-refractivity contribution >= 4 is 15.9 Å². The third kappa shape index (κ3) is 3.19. The summed E-state index contributed by atoms with van der Waals surface area (Å²) < 4.78 is 27.9. The number of sulfone groups is 1. The van der Waals surface area contributed by atoms with Crippen LogP contribution in [0.1, 0.15) is 12.6 Å². The van der Waals surface area contributed by atoms with Crippen LogP contribution in [-0.2, 0) is 16.4 Å². The second-order valence-corrected chi connectivity index (χ2v) is 6.34. The van der Waals surface area contributed by atoms with Gasteiger partial charge in [-0.05, 0) is 6.54 Å². The van der Waals surface area contributed by atoms with Crippen LogP contribution >= 0.6 is 0 Å². The molecule has 1 aromatic heterocycles. The lowest BCUT2D eigenvalue weighted by Gasteiger charge is -2.24. The van der Waals surface area contributed by atoms with Crippen LogP contribution in [0, 0.1) is 0 Å². The molecule has 6 nitrogen and oxygen atoms in total. The molecular formula is C10H17N3O3S. The van der Waals surface area contributed by atoms with Crippen LogP contribution in [-0.4, -0.2) is 44.5 Å². The van der Waals surface area contributed by atoms with Crippen molar-refractivity contribution in [3.05, 3.63) is 12.0 Å². The first-order chi connectivity index (χ1) is 8.11. The van der Waals surface area contributed by atoms with Crippen molar-refractivity contribution in [2.24, 2.45) is 0 Å². The van der Waals surface area contributed by atoms with E-state index in [4.69, 9.17) is 4.42 Å². The number of oxazole rings is 1. The van der Waals surface area contributed by atoms with Crippen molar-refractivity contribution in [3.63, 3.8) is 0 Å². The van der Waals surface area contributed by atoms with Crippen LogP contribution in [0.4, 0.5) is 6.01 Å². The Morgan fingerprint density at radius 1 is 1.47 bits per heavy atom. The summed E-state index contributed by atoms with van der Waals surface area (Å²) >= 11 is 0. The van der Waals surface area contributed by atoms with Crippen LogP contribution < -0.4 is 10.2 Å². The lowest BCUT2D eigenvalue weighted by molar-refractivity contribution is 0.530. The van der Waals surface area contributed by atoms with Gasteiger partial charge in [0.25, 0.3) is 6.01 Å². The second kappa shape index (κ2) is 5.05. The van der Waals surface area contributed by atoms with Gasteiger partial charge in [0.15, 0.2) is 9.84 Å². The summed E-state index contributed by atoms with van der Waals surface area (Å²) in [7, 11) is -2.85.